The summed E-state index contributed by atoms with van der Waals surface area (Å²) in [6.07, 6.45) is 3.52. The number of amides is 1. The summed E-state index contributed by atoms with van der Waals surface area (Å²) in [5.41, 5.74) is 1.80. The van der Waals surface area contributed by atoms with Crippen LogP contribution >= 0.6 is 0 Å². The largest absolute Gasteiger partial charge is 0.497 e. The number of halogens is 1. The molecular weight excluding hydrogens is 389 g/mol. The van der Waals surface area contributed by atoms with Gasteiger partial charge in [0.05, 0.1) is 17.6 Å². The predicted octanol–water partition coefficient (Wildman–Crippen LogP) is 4.55. The molecule has 0 aliphatic carbocycles. The molecule has 0 unspecified atom stereocenters. The number of fused-ring (bicyclic) bond motifs is 1. The molecule has 8 heteroatoms. The Morgan fingerprint density at radius 1 is 1.27 bits per heavy atom. The number of piperidine rings is 1. The van der Waals surface area contributed by atoms with Crippen LogP contribution in [0.1, 0.15) is 40.2 Å². The molecule has 4 rings (SSSR count). The maximum absolute atomic E-state index is 14.1. The van der Waals surface area contributed by atoms with E-state index in [1.54, 1.807) is 12.0 Å². The van der Waals surface area contributed by atoms with Gasteiger partial charge in [0.2, 0.25) is 0 Å². The molecule has 1 saturated heterocycles. The zero-order valence-corrected chi connectivity index (χ0v) is 16.8. The van der Waals surface area contributed by atoms with Crippen molar-refractivity contribution in [2.45, 2.75) is 25.7 Å². The number of nitro groups is 1. The average Bonchev–Trinajstić information content (AvgIpc) is 3.18. The van der Waals surface area contributed by atoms with E-state index < -0.39 is 10.7 Å². The lowest BCUT2D eigenvalue weighted by atomic mass is 9.89. The van der Waals surface area contributed by atoms with Gasteiger partial charge in [-0.3, -0.25) is 14.9 Å². The fraction of sp³-hybridized carbons (Fsp3) is 0.318. The van der Waals surface area contributed by atoms with Gasteiger partial charge in [-0.05, 0) is 55.5 Å². The smallest absolute Gasteiger partial charge is 0.276 e. The third-order valence-corrected chi connectivity index (χ3v) is 5.90. The highest BCUT2D eigenvalue weighted by Crippen LogP contribution is 2.35. The lowest BCUT2D eigenvalue weighted by Gasteiger charge is -2.32. The van der Waals surface area contributed by atoms with E-state index in [-0.39, 0.29) is 28.6 Å². The molecule has 0 bridgehead atoms. The minimum Gasteiger partial charge on any atom is -0.497 e. The number of hydrogen-bond acceptors (Lipinski definition) is 4. The molecule has 1 amide bonds. The average molecular weight is 411 g/mol. The van der Waals surface area contributed by atoms with Gasteiger partial charge < -0.3 is 14.6 Å². The summed E-state index contributed by atoms with van der Waals surface area (Å²) in [7, 11) is 1.63. The summed E-state index contributed by atoms with van der Waals surface area (Å²) in [6, 6.07) is 8.15. The molecule has 1 aliphatic heterocycles. The third-order valence-electron chi connectivity index (χ3n) is 5.90. The minimum absolute atomic E-state index is 0.0140. The van der Waals surface area contributed by atoms with E-state index in [4.69, 9.17) is 4.74 Å². The second kappa shape index (κ2) is 7.78. The zero-order valence-electron chi connectivity index (χ0n) is 16.8. The van der Waals surface area contributed by atoms with E-state index in [1.165, 1.54) is 18.6 Å². The van der Waals surface area contributed by atoms with Crippen molar-refractivity contribution in [3.05, 3.63) is 69.2 Å². The van der Waals surface area contributed by atoms with Crippen LogP contribution in [0.2, 0.25) is 0 Å². The van der Waals surface area contributed by atoms with Crippen molar-refractivity contribution in [1.82, 2.24) is 9.88 Å². The Morgan fingerprint density at radius 3 is 2.67 bits per heavy atom. The molecule has 1 N–H and O–H groups in total. The van der Waals surface area contributed by atoms with Gasteiger partial charge in [0.15, 0.2) is 0 Å². The van der Waals surface area contributed by atoms with Crippen molar-refractivity contribution >= 4 is 22.5 Å². The zero-order chi connectivity index (χ0) is 21.4. The molecule has 1 aromatic heterocycles. The van der Waals surface area contributed by atoms with Crippen LogP contribution in [-0.2, 0) is 0 Å². The van der Waals surface area contributed by atoms with Gasteiger partial charge in [0.25, 0.3) is 11.6 Å². The highest BCUT2D eigenvalue weighted by Gasteiger charge is 2.28. The second-order valence-corrected chi connectivity index (χ2v) is 7.58. The van der Waals surface area contributed by atoms with Crippen molar-refractivity contribution in [3.8, 4) is 5.75 Å². The highest BCUT2D eigenvalue weighted by molar-refractivity contribution is 5.95. The summed E-state index contributed by atoms with van der Waals surface area (Å²) in [6.45, 7) is 2.34. The summed E-state index contributed by atoms with van der Waals surface area (Å²) in [5.74, 6) is -0.0517. The summed E-state index contributed by atoms with van der Waals surface area (Å²) in [5, 5.41) is 12.3. The van der Waals surface area contributed by atoms with Crippen molar-refractivity contribution < 1.29 is 18.8 Å². The summed E-state index contributed by atoms with van der Waals surface area (Å²) >= 11 is 0. The number of carbonyl (C=O) groups excluding carboxylic acids is 1. The Bertz CT molecular complexity index is 1130. The van der Waals surface area contributed by atoms with Gasteiger partial charge in [0, 0.05) is 41.8 Å². The number of H-pyrrole nitrogens is 1. The molecule has 156 valence electrons. The van der Waals surface area contributed by atoms with E-state index in [0.29, 0.717) is 13.1 Å². The van der Waals surface area contributed by atoms with Crippen LogP contribution in [0.25, 0.3) is 10.9 Å². The molecule has 0 atom stereocenters. The fourth-order valence-electron chi connectivity index (χ4n) is 4.14. The number of methoxy groups -OCH3 is 1. The number of benzene rings is 2. The van der Waals surface area contributed by atoms with Gasteiger partial charge in [-0.1, -0.05) is 0 Å². The van der Waals surface area contributed by atoms with Crippen molar-refractivity contribution in [2.75, 3.05) is 20.2 Å². The first kappa shape index (κ1) is 19.9. The Balaban J connectivity index is 1.51. The van der Waals surface area contributed by atoms with Crippen molar-refractivity contribution in [2.24, 2.45) is 0 Å². The molecule has 2 aromatic carbocycles. The number of aromatic nitrogens is 1. The van der Waals surface area contributed by atoms with E-state index >= 15 is 0 Å². The first-order valence-corrected chi connectivity index (χ1v) is 9.78. The highest BCUT2D eigenvalue weighted by atomic mass is 19.1. The number of nitro benzene ring substituents is 1. The molecular formula is C22H22FN3O4. The molecule has 0 saturated carbocycles. The van der Waals surface area contributed by atoms with Gasteiger partial charge in [0.1, 0.15) is 11.6 Å². The van der Waals surface area contributed by atoms with Gasteiger partial charge in [-0.15, -0.1) is 0 Å². The van der Waals surface area contributed by atoms with Crippen LogP contribution in [-0.4, -0.2) is 40.9 Å². The lowest BCUT2D eigenvalue weighted by molar-refractivity contribution is -0.385. The van der Waals surface area contributed by atoms with E-state index in [1.807, 2.05) is 24.4 Å². The van der Waals surface area contributed by atoms with Gasteiger partial charge >= 0.3 is 0 Å². The lowest BCUT2D eigenvalue weighted by Crippen LogP contribution is -2.38. The summed E-state index contributed by atoms with van der Waals surface area (Å²) in [4.78, 5) is 28.3. The van der Waals surface area contributed by atoms with Crippen LogP contribution in [0.4, 0.5) is 10.1 Å². The molecule has 0 radical (unpaired) electrons. The second-order valence-electron chi connectivity index (χ2n) is 7.58. The number of aromatic amines is 1. The quantitative estimate of drug-likeness (QED) is 0.504. The van der Waals surface area contributed by atoms with E-state index in [2.05, 4.69) is 4.98 Å². The number of nitrogens with one attached hydrogen (secondary N) is 1. The van der Waals surface area contributed by atoms with Gasteiger partial charge in [-0.2, -0.15) is 0 Å². The first-order valence-electron chi connectivity index (χ1n) is 9.78. The van der Waals surface area contributed by atoms with Crippen molar-refractivity contribution in [3.63, 3.8) is 0 Å². The number of rotatable bonds is 4. The number of ether oxygens (including phenoxy) is 1. The molecule has 3 aromatic rings. The normalized spacial score (nSPS) is 14.8. The molecule has 1 aliphatic rings. The third kappa shape index (κ3) is 3.49. The predicted molar refractivity (Wildman–Crippen MR) is 111 cm³/mol. The molecule has 30 heavy (non-hydrogen) atoms. The Labute approximate surface area is 172 Å². The SMILES string of the molecule is COc1ccc2[nH]cc(C3CCN(C(=O)c4cc(F)c(C)c([N+](=O)[O-])c4)CC3)c2c1. The standard InChI is InChI=1S/C22H22FN3O4/c1-13-19(23)9-15(10-21(13)26(28)29)22(27)25-7-5-14(6-8-25)18-12-24-20-4-3-16(30-2)11-17(18)20/h3-4,9-12,14,24H,5-8H2,1-2H3. The van der Waals surface area contributed by atoms with E-state index in [0.717, 1.165) is 35.6 Å². The summed E-state index contributed by atoms with van der Waals surface area (Å²) < 4.78 is 19.4. The topological polar surface area (TPSA) is 88.5 Å². The number of likely N-dealkylation sites (tertiary alicyclic amines) is 1. The van der Waals surface area contributed by atoms with Crippen LogP contribution in [0, 0.1) is 22.9 Å². The maximum atomic E-state index is 14.1. The Kier molecular flexibility index (Phi) is 5.15. The first-order chi connectivity index (χ1) is 14.4. The molecule has 0 spiro atoms. The van der Waals surface area contributed by atoms with E-state index in [9.17, 15) is 19.3 Å². The van der Waals surface area contributed by atoms with Crippen LogP contribution in [0.5, 0.6) is 5.75 Å². The Morgan fingerprint density at radius 2 is 2.00 bits per heavy atom. The van der Waals surface area contributed by atoms with Crippen LogP contribution in [0.15, 0.2) is 36.5 Å². The fourth-order valence-corrected chi connectivity index (χ4v) is 4.14. The molecule has 7 nitrogen and oxygen atoms in total. The molecule has 2 heterocycles. The van der Waals surface area contributed by atoms with Gasteiger partial charge in [-0.25, -0.2) is 4.39 Å². The van der Waals surface area contributed by atoms with Crippen LogP contribution < -0.4 is 4.74 Å². The van der Waals surface area contributed by atoms with Crippen LogP contribution in [0.3, 0.4) is 0 Å². The maximum Gasteiger partial charge on any atom is 0.276 e. The number of carbonyl (C=O) groups is 1. The number of nitrogens with zero attached hydrogens (tertiary/aromatic N) is 2. The van der Waals surface area contributed by atoms with Crippen molar-refractivity contribution in [1.29, 1.82) is 0 Å². The number of hydrogen-bond donors (Lipinski definition) is 1. The molecule has 1 fully saturated rings. The Hall–Kier alpha value is -3.42. The minimum atomic E-state index is -0.741. The monoisotopic (exact) mass is 411 g/mol.